The zero-order chi connectivity index (χ0) is 18.7. The summed E-state index contributed by atoms with van der Waals surface area (Å²) in [5, 5.41) is 8.80. The second-order valence-electron chi connectivity index (χ2n) is 5.53. The first-order valence-corrected chi connectivity index (χ1v) is 8.70. The highest BCUT2D eigenvalue weighted by molar-refractivity contribution is 7.97. The summed E-state index contributed by atoms with van der Waals surface area (Å²) in [5.41, 5.74) is 0.927. The number of nitriles is 1. The summed E-state index contributed by atoms with van der Waals surface area (Å²) in [6.45, 7) is 2.80. The van der Waals surface area contributed by atoms with Gasteiger partial charge in [0.1, 0.15) is 5.82 Å². The molecular formula is C18H15F3N4S. The number of hydrogen-bond acceptors (Lipinski definition) is 4. The van der Waals surface area contributed by atoms with Crippen LogP contribution in [0.25, 0.3) is 11.0 Å². The van der Waals surface area contributed by atoms with Crippen LogP contribution in [0.5, 0.6) is 0 Å². The first-order valence-electron chi connectivity index (χ1n) is 7.88. The SMILES string of the molecule is CCn1c(CNSc2ccc(C#N)cc2)nc2ccc(C(F)(F)F)cc21. The number of nitrogens with one attached hydrogen (secondary N) is 1. The Labute approximate surface area is 152 Å². The molecule has 0 aliphatic carbocycles. The molecule has 0 unspecified atom stereocenters. The molecule has 0 aliphatic heterocycles. The van der Waals surface area contributed by atoms with Gasteiger partial charge in [-0.3, -0.25) is 4.72 Å². The maximum Gasteiger partial charge on any atom is 0.416 e. The third kappa shape index (κ3) is 3.84. The fraction of sp³-hybridized carbons (Fsp3) is 0.222. The summed E-state index contributed by atoms with van der Waals surface area (Å²) < 4.78 is 43.8. The highest BCUT2D eigenvalue weighted by Crippen LogP contribution is 2.31. The summed E-state index contributed by atoms with van der Waals surface area (Å²) >= 11 is 1.38. The number of halogens is 3. The lowest BCUT2D eigenvalue weighted by Gasteiger charge is -2.09. The highest BCUT2D eigenvalue weighted by atomic mass is 32.2. The number of nitrogens with zero attached hydrogens (tertiary/aromatic N) is 3. The van der Waals surface area contributed by atoms with E-state index < -0.39 is 11.7 Å². The van der Waals surface area contributed by atoms with Crippen LogP contribution in [0.2, 0.25) is 0 Å². The molecule has 26 heavy (non-hydrogen) atoms. The van der Waals surface area contributed by atoms with E-state index in [0.717, 1.165) is 17.0 Å². The summed E-state index contributed by atoms with van der Waals surface area (Å²) in [5.74, 6) is 0.669. The van der Waals surface area contributed by atoms with Gasteiger partial charge in [0, 0.05) is 11.4 Å². The molecule has 0 aliphatic rings. The molecule has 2 aromatic carbocycles. The maximum atomic E-state index is 12.9. The van der Waals surface area contributed by atoms with Crippen molar-refractivity contribution in [3.8, 4) is 6.07 Å². The van der Waals surface area contributed by atoms with Crippen molar-refractivity contribution < 1.29 is 13.2 Å². The predicted octanol–water partition coefficient (Wildman–Crippen LogP) is 4.74. The highest BCUT2D eigenvalue weighted by Gasteiger charge is 2.31. The van der Waals surface area contributed by atoms with Gasteiger partial charge in [0.25, 0.3) is 0 Å². The number of rotatable bonds is 5. The summed E-state index contributed by atoms with van der Waals surface area (Å²) in [6.07, 6.45) is -4.37. The van der Waals surface area contributed by atoms with E-state index in [0.29, 0.717) is 35.5 Å². The second kappa shape index (κ2) is 7.40. The van der Waals surface area contributed by atoms with Gasteiger partial charge in [-0.15, -0.1) is 0 Å². The summed E-state index contributed by atoms with van der Waals surface area (Å²) in [4.78, 5) is 5.37. The van der Waals surface area contributed by atoms with Gasteiger partial charge in [-0.1, -0.05) is 0 Å². The summed E-state index contributed by atoms with van der Waals surface area (Å²) in [6, 6.07) is 12.8. The maximum absolute atomic E-state index is 12.9. The molecule has 0 saturated heterocycles. The van der Waals surface area contributed by atoms with E-state index in [1.165, 1.54) is 18.0 Å². The second-order valence-corrected chi connectivity index (χ2v) is 6.50. The van der Waals surface area contributed by atoms with Gasteiger partial charge >= 0.3 is 6.18 Å². The minimum Gasteiger partial charge on any atom is -0.327 e. The molecule has 0 spiro atoms. The number of hydrogen-bond donors (Lipinski definition) is 1. The normalized spacial score (nSPS) is 11.7. The van der Waals surface area contributed by atoms with E-state index in [2.05, 4.69) is 15.8 Å². The molecule has 0 atom stereocenters. The van der Waals surface area contributed by atoms with Crippen LogP contribution in [-0.4, -0.2) is 9.55 Å². The van der Waals surface area contributed by atoms with Crippen LogP contribution in [0.4, 0.5) is 13.2 Å². The van der Waals surface area contributed by atoms with Crippen molar-refractivity contribution in [3.63, 3.8) is 0 Å². The standard InChI is InChI=1S/C18H15F3N4S/c1-2-25-16-9-13(18(19,20)21)5-8-15(16)24-17(25)11-23-26-14-6-3-12(10-22)4-7-14/h3-9,23H,2,11H2,1H3. The third-order valence-corrected chi connectivity index (χ3v) is 4.67. The Bertz CT molecular complexity index is 955. The minimum absolute atomic E-state index is 0.397. The van der Waals surface area contributed by atoms with Gasteiger partial charge in [-0.2, -0.15) is 18.4 Å². The number of aryl methyl sites for hydroxylation is 1. The quantitative estimate of drug-likeness (QED) is 0.654. The van der Waals surface area contributed by atoms with Crippen LogP contribution in [0.1, 0.15) is 23.9 Å². The van der Waals surface area contributed by atoms with Crippen molar-refractivity contribution in [2.45, 2.75) is 31.1 Å². The van der Waals surface area contributed by atoms with Gasteiger partial charge in [0.2, 0.25) is 0 Å². The molecule has 3 aromatic rings. The zero-order valence-corrected chi connectivity index (χ0v) is 14.7. The molecule has 0 radical (unpaired) electrons. The van der Waals surface area contributed by atoms with Crippen molar-refractivity contribution in [3.05, 3.63) is 59.4 Å². The Balaban J connectivity index is 1.77. The van der Waals surface area contributed by atoms with Crippen molar-refractivity contribution in [1.82, 2.24) is 14.3 Å². The predicted molar refractivity (Wildman–Crippen MR) is 94.3 cm³/mol. The van der Waals surface area contributed by atoms with Crippen molar-refractivity contribution >= 4 is 23.0 Å². The molecule has 1 N–H and O–H groups in total. The lowest BCUT2D eigenvalue weighted by molar-refractivity contribution is -0.137. The fourth-order valence-corrected chi connectivity index (χ4v) is 3.26. The average molecular weight is 376 g/mol. The molecule has 0 amide bonds. The lowest BCUT2D eigenvalue weighted by Crippen LogP contribution is -2.10. The number of aromatic nitrogens is 2. The third-order valence-electron chi connectivity index (χ3n) is 3.87. The molecule has 0 saturated carbocycles. The van der Waals surface area contributed by atoms with E-state index in [4.69, 9.17) is 5.26 Å². The molecule has 134 valence electrons. The number of imidazole rings is 1. The Kier molecular flexibility index (Phi) is 5.20. The average Bonchev–Trinajstić information content (AvgIpc) is 2.98. The Morgan fingerprint density at radius 3 is 2.54 bits per heavy atom. The Morgan fingerprint density at radius 2 is 1.92 bits per heavy atom. The van der Waals surface area contributed by atoms with E-state index >= 15 is 0 Å². The molecule has 8 heteroatoms. The first-order chi connectivity index (χ1) is 12.4. The number of fused-ring (bicyclic) bond motifs is 1. The topological polar surface area (TPSA) is 53.6 Å². The smallest absolute Gasteiger partial charge is 0.327 e. The zero-order valence-electron chi connectivity index (χ0n) is 13.8. The van der Waals surface area contributed by atoms with Gasteiger partial charge in [0.05, 0.1) is 34.8 Å². The lowest BCUT2D eigenvalue weighted by atomic mass is 10.2. The monoisotopic (exact) mass is 376 g/mol. The van der Waals surface area contributed by atoms with Gasteiger partial charge in [-0.05, 0) is 61.3 Å². The van der Waals surface area contributed by atoms with Crippen LogP contribution < -0.4 is 4.72 Å². The Hall–Kier alpha value is -2.50. The molecule has 1 aromatic heterocycles. The van der Waals surface area contributed by atoms with E-state index in [1.807, 2.05) is 19.1 Å². The van der Waals surface area contributed by atoms with Crippen molar-refractivity contribution in [2.75, 3.05) is 0 Å². The van der Waals surface area contributed by atoms with Gasteiger partial charge in [0.15, 0.2) is 0 Å². The van der Waals surface area contributed by atoms with Crippen LogP contribution in [0.15, 0.2) is 47.4 Å². The Morgan fingerprint density at radius 1 is 1.19 bits per heavy atom. The molecular weight excluding hydrogens is 361 g/mol. The number of benzene rings is 2. The van der Waals surface area contributed by atoms with E-state index in [1.54, 1.807) is 16.7 Å². The van der Waals surface area contributed by atoms with E-state index in [-0.39, 0.29) is 0 Å². The fourth-order valence-electron chi connectivity index (χ4n) is 2.62. The largest absolute Gasteiger partial charge is 0.416 e. The first kappa shape index (κ1) is 18.3. The molecule has 3 rings (SSSR count). The van der Waals surface area contributed by atoms with Gasteiger partial charge in [-0.25, -0.2) is 4.98 Å². The molecule has 1 heterocycles. The minimum atomic E-state index is -4.37. The van der Waals surface area contributed by atoms with Crippen molar-refractivity contribution in [2.24, 2.45) is 0 Å². The molecule has 0 bridgehead atoms. The van der Waals surface area contributed by atoms with Crippen LogP contribution in [-0.2, 0) is 19.3 Å². The summed E-state index contributed by atoms with van der Waals surface area (Å²) in [7, 11) is 0. The van der Waals surface area contributed by atoms with Crippen molar-refractivity contribution in [1.29, 1.82) is 5.26 Å². The van der Waals surface area contributed by atoms with Crippen LogP contribution in [0.3, 0.4) is 0 Å². The van der Waals surface area contributed by atoms with Gasteiger partial charge < -0.3 is 4.57 Å². The van der Waals surface area contributed by atoms with E-state index in [9.17, 15) is 13.2 Å². The van der Waals surface area contributed by atoms with Crippen LogP contribution >= 0.6 is 11.9 Å². The number of alkyl halides is 3. The molecule has 4 nitrogen and oxygen atoms in total. The molecule has 0 fully saturated rings. The van der Waals surface area contributed by atoms with Crippen LogP contribution in [0, 0.1) is 11.3 Å².